The van der Waals surface area contributed by atoms with Crippen LogP contribution in [0.2, 0.25) is 0 Å². The molecule has 0 saturated heterocycles. The van der Waals surface area contributed by atoms with Crippen LogP contribution in [0.5, 0.6) is 11.5 Å². The SMILES string of the molecule is COc1ccccc1C(=O)O[C@H](C(=O)O)[C@H](OC(=O)c1ccccc1OC)C(=O)O. The van der Waals surface area contributed by atoms with Crippen LogP contribution in [0.4, 0.5) is 0 Å². The molecule has 2 N–H and O–H groups in total. The van der Waals surface area contributed by atoms with Crippen LogP contribution in [-0.4, -0.2) is 60.5 Å². The fourth-order valence-corrected chi connectivity index (χ4v) is 2.47. The molecule has 10 nitrogen and oxygen atoms in total. The second kappa shape index (κ2) is 9.92. The number of carbonyl (C=O) groups is 4. The standard InChI is InChI=1S/C20H18O10/c1-27-13-9-5-3-7-11(13)19(25)29-15(17(21)22)16(18(23)24)30-20(26)12-8-4-6-10-14(12)28-2/h3-10,15-16H,1-2H3,(H,21,22)(H,23,24)/t15-,16-/m0/s1. The summed E-state index contributed by atoms with van der Waals surface area (Å²) < 4.78 is 19.7. The third kappa shape index (κ3) is 5.04. The summed E-state index contributed by atoms with van der Waals surface area (Å²) in [5.74, 6) is -5.80. The van der Waals surface area contributed by atoms with Gasteiger partial charge in [-0.15, -0.1) is 0 Å². The Morgan fingerprint density at radius 1 is 0.667 bits per heavy atom. The summed E-state index contributed by atoms with van der Waals surface area (Å²) in [6.45, 7) is 0. The van der Waals surface area contributed by atoms with E-state index in [2.05, 4.69) is 0 Å². The molecule has 2 rings (SSSR count). The minimum absolute atomic E-state index is 0.0875. The van der Waals surface area contributed by atoms with Crippen molar-refractivity contribution in [3.63, 3.8) is 0 Å². The Hall–Kier alpha value is -4.08. The molecule has 0 saturated carbocycles. The number of para-hydroxylation sites is 2. The van der Waals surface area contributed by atoms with Crippen molar-refractivity contribution in [2.75, 3.05) is 14.2 Å². The summed E-state index contributed by atoms with van der Waals surface area (Å²) >= 11 is 0. The molecule has 0 aliphatic carbocycles. The highest BCUT2D eigenvalue weighted by atomic mass is 16.6. The predicted molar refractivity (Wildman–Crippen MR) is 99.7 cm³/mol. The quantitative estimate of drug-likeness (QED) is 0.576. The second-order valence-electron chi connectivity index (χ2n) is 5.73. The van der Waals surface area contributed by atoms with Crippen LogP contribution < -0.4 is 9.47 Å². The Labute approximate surface area is 170 Å². The summed E-state index contributed by atoms with van der Waals surface area (Å²) in [6, 6.07) is 11.6. The zero-order valence-corrected chi connectivity index (χ0v) is 15.9. The average Bonchev–Trinajstić information content (AvgIpc) is 2.75. The van der Waals surface area contributed by atoms with E-state index in [0.29, 0.717) is 0 Å². The maximum Gasteiger partial charge on any atom is 0.349 e. The minimum Gasteiger partial charge on any atom is -0.496 e. The number of carboxylic acid groups (broad SMARTS) is 2. The zero-order valence-electron chi connectivity index (χ0n) is 15.9. The van der Waals surface area contributed by atoms with Crippen molar-refractivity contribution in [3.05, 3.63) is 59.7 Å². The van der Waals surface area contributed by atoms with Gasteiger partial charge < -0.3 is 29.2 Å². The molecular formula is C20H18O10. The molecule has 0 aromatic heterocycles. The fraction of sp³-hybridized carbons (Fsp3) is 0.200. The molecule has 0 aliphatic rings. The summed E-state index contributed by atoms with van der Waals surface area (Å²) in [4.78, 5) is 48.0. The van der Waals surface area contributed by atoms with Gasteiger partial charge in [-0.05, 0) is 24.3 Å². The average molecular weight is 418 g/mol. The number of esters is 2. The molecule has 30 heavy (non-hydrogen) atoms. The molecular weight excluding hydrogens is 400 g/mol. The first-order chi connectivity index (χ1) is 14.3. The van der Waals surface area contributed by atoms with Crippen LogP contribution in [-0.2, 0) is 19.1 Å². The lowest BCUT2D eigenvalue weighted by atomic mass is 10.1. The van der Waals surface area contributed by atoms with Gasteiger partial charge in [-0.25, -0.2) is 19.2 Å². The van der Waals surface area contributed by atoms with Crippen molar-refractivity contribution in [2.45, 2.75) is 12.2 Å². The first-order valence-corrected chi connectivity index (χ1v) is 8.43. The molecule has 0 fully saturated rings. The Morgan fingerprint density at radius 2 is 1.00 bits per heavy atom. The molecule has 0 amide bonds. The number of rotatable bonds is 9. The van der Waals surface area contributed by atoms with E-state index in [4.69, 9.17) is 18.9 Å². The fourth-order valence-electron chi connectivity index (χ4n) is 2.47. The first-order valence-electron chi connectivity index (χ1n) is 8.43. The maximum absolute atomic E-state index is 12.4. The topological polar surface area (TPSA) is 146 Å². The minimum atomic E-state index is -2.32. The van der Waals surface area contributed by atoms with Crippen molar-refractivity contribution in [3.8, 4) is 11.5 Å². The van der Waals surface area contributed by atoms with Gasteiger partial charge in [0.2, 0.25) is 12.2 Å². The number of carboxylic acids is 2. The van der Waals surface area contributed by atoms with Crippen molar-refractivity contribution >= 4 is 23.9 Å². The van der Waals surface area contributed by atoms with Crippen molar-refractivity contribution in [1.82, 2.24) is 0 Å². The van der Waals surface area contributed by atoms with Gasteiger partial charge in [-0.1, -0.05) is 24.3 Å². The van der Waals surface area contributed by atoms with E-state index < -0.39 is 36.1 Å². The summed E-state index contributed by atoms with van der Waals surface area (Å²) in [5, 5.41) is 18.8. The number of aliphatic carboxylic acids is 2. The molecule has 0 spiro atoms. The van der Waals surface area contributed by atoms with Crippen molar-refractivity contribution < 1.29 is 48.3 Å². The highest BCUT2D eigenvalue weighted by Gasteiger charge is 2.41. The van der Waals surface area contributed by atoms with Crippen LogP contribution in [0.3, 0.4) is 0 Å². The molecule has 0 heterocycles. The largest absolute Gasteiger partial charge is 0.496 e. The van der Waals surface area contributed by atoms with Crippen LogP contribution in [0.1, 0.15) is 20.7 Å². The third-order valence-corrected chi connectivity index (χ3v) is 3.88. The number of hydrogen-bond acceptors (Lipinski definition) is 8. The van der Waals surface area contributed by atoms with Gasteiger partial charge in [0, 0.05) is 0 Å². The van der Waals surface area contributed by atoms with Crippen LogP contribution in [0.25, 0.3) is 0 Å². The van der Waals surface area contributed by atoms with E-state index in [1.54, 1.807) is 12.1 Å². The lowest BCUT2D eigenvalue weighted by molar-refractivity contribution is -0.166. The van der Waals surface area contributed by atoms with E-state index in [1.165, 1.54) is 50.6 Å². The highest BCUT2D eigenvalue weighted by molar-refractivity contribution is 5.97. The predicted octanol–water partition coefficient (Wildman–Crippen LogP) is 1.62. The van der Waals surface area contributed by atoms with Gasteiger partial charge in [0.1, 0.15) is 22.6 Å². The number of carbonyl (C=O) groups excluding carboxylic acids is 2. The van der Waals surface area contributed by atoms with Gasteiger partial charge in [0.25, 0.3) is 0 Å². The second-order valence-corrected chi connectivity index (χ2v) is 5.73. The molecule has 0 bridgehead atoms. The molecule has 0 radical (unpaired) electrons. The summed E-state index contributed by atoms with van der Waals surface area (Å²) in [6.07, 6.45) is -4.64. The molecule has 0 aliphatic heterocycles. The summed E-state index contributed by atoms with van der Waals surface area (Å²) in [7, 11) is 2.58. The third-order valence-electron chi connectivity index (χ3n) is 3.88. The van der Waals surface area contributed by atoms with Gasteiger partial charge in [0.15, 0.2) is 0 Å². The van der Waals surface area contributed by atoms with Crippen LogP contribution >= 0.6 is 0 Å². The Bertz CT molecular complexity index is 875. The number of benzene rings is 2. The highest BCUT2D eigenvalue weighted by Crippen LogP contribution is 2.22. The Kier molecular flexibility index (Phi) is 7.34. The van der Waals surface area contributed by atoms with E-state index in [1.807, 2.05) is 0 Å². The van der Waals surface area contributed by atoms with E-state index in [0.717, 1.165) is 0 Å². The molecule has 10 heteroatoms. The van der Waals surface area contributed by atoms with Gasteiger partial charge >= 0.3 is 23.9 Å². The molecule has 158 valence electrons. The van der Waals surface area contributed by atoms with Crippen LogP contribution in [0.15, 0.2) is 48.5 Å². The lowest BCUT2D eigenvalue weighted by Crippen LogP contribution is -2.46. The first kappa shape index (κ1) is 22.2. The maximum atomic E-state index is 12.4. The molecule has 2 aromatic carbocycles. The lowest BCUT2D eigenvalue weighted by Gasteiger charge is -2.21. The zero-order chi connectivity index (χ0) is 22.3. The van der Waals surface area contributed by atoms with E-state index >= 15 is 0 Å². The smallest absolute Gasteiger partial charge is 0.349 e. The number of hydrogen-bond donors (Lipinski definition) is 2. The summed E-state index contributed by atoms with van der Waals surface area (Å²) in [5.41, 5.74) is -0.266. The molecule has 0 unspecified atom stereocenters. The molecule has 2 aromatic rings. The van der Waals surface area contributed by atoms with Crippen LogP contribution in [0, 0.1) is 0 Å². The van der Waals surface area contributed by atoms with Gasteiger partial charge in [-0.3, -0.25) is 0 Å². The molecule has 2 atom stereocenters. The van der Waals surface area contributed by atoms with Gasteiger partial charge in [0.05, 0.1) is 14.2 Å². The van der Waals surface area contributed by atoms with E-state index in [-0.39, 0.29) is 22.6 Å². The monoisotopic (exact) mass is 418 g/mol. The normalized spacial score (nSPS) is 12.2. The van der Waals surface area contributed by atoms with E-state index in [9.17, 15) is 29.4 Å². The Balaban J connectivity index is 2.30. The number of methoxy groups -OCH3 is 2. The Morgan fingerprint density at radius 3 is 1.30 bits per heavy atom. The van der Waals surface area contributed by atoms with Crippen molar-refractivity contribution in [1.29, 1.82) is 0 Å². The van der Waals surface area contributed by atoms with Crippen molar-refractivity contribution in [2.24, 2.45) is 0 Å². The number of ether oxygens (including phenoxy) is 4. The van der Waals surface area contributed by atoms with Gasteiger partial charge in [-0.2, -0.15) is 0 Å².